The Morgan fingerprint density at radius 2 is 1.61 bits per heavy atom. The van der Waals surface area contributed by atoms with E-state index >= 15 is 0 Å². The van der Waals surface area contributed by atoms with Crippen molar-refractivity contribution in [2.75, 3.05) is 18.0 Å². The molecule has 2 heterocycles. The average molecular weight is 461 g/mol. The van der Waals surface area contributed by atoms with Crippen molar-refractivity contribution >= 4 is 31.7 Å². The first-order chi connectivity index (χ1) is 13.4. The summed E-state index contributed by atoms with van der Waals surface area (Å²) in [6.07, 6.45) is 3.17. The van der Waals surface area contributed by atoms with Crippen molar-refractivity contribution < 1.29 is 12.8 Å². The maximum absolute atomic E-state index is 13.4. The number of sulfone groups is 1. The number of aromatic nitrogens is 1. The van der Waals surface area contributed by atoms with Gasteiger partial charge in [0.25, 0.3) is 0 Å². The Balaban J connectivity index is 1.84. The highest BCUT2D eigenvalue weighted by Gasteiger charge is 2.31. The molecule has 1 aliphatic rings. The van der Waals surface area contributed by atoms with Crippen LogP contribution in [0.1, 0.15) is 24.8 Å². The van der Waals surface area contributed by atoms with Crippen molar-refractivity contribution in [3.05, 3.63) is 58.6 Å². The molecule has 0 aliphatic carbocycles. The second-order valence-electron chi connectivity index (χ2n) is 7.00. The van der Waals surface area contributed by atoms with Crippen LogP contribution in [-0.2, 0) is 9.84 Å². The number of benzene rings is 2. The molecule has 7 heteroatoms. The van der Waals surface area contributed by atoms with Crippen LogP contribution < -0.4 is 4.90 Å². The third-order valence-corrected chi connectivity index (χ3v) is 7.10. The van der Waals surface area contributed by atoms with Gasteiger partial charge in [0.2, 0.25) is 26.6 Å². The van der Waals surface area contributed by atoms with E-state index in [0.717, 1.165) is 48.0 Å². The van der Waals surface area contributed by atoms with Crippen LogP contribution in [0.25, 0.3) is 11.5 Å². The third kappa shape index (κ3) is 3.73. The topological polar surface area (TPSA) is 63.4 Å². The molecule has 1 saturated heterocycles. The van der Waals surface area contributed by atoms with Crippen molar-refractivity contribution in [1.82, 2.24) is 4.98 Å². The van der Waals surface area contributed by atoms with Crippen molar-refractivity contribution in [1.29, 1.82) is 0 Å². The molecule has 4 rings (SSSR count). The number of halogens is 1. The van der Waals surface area contributed by atoms with E-state index in [-0.39, 0.29) is 9.92 Å². The first kappa shape index (κ1) is 19.2. The zero-order valence-corrected chi connectivity index (χ0v) is 18.0. The quantitative estimate of drug-likeness (QED) is 0.532. The highest BCUT2D eigenvalue weighted by Crippen LogP contribution is 2.36. The predicted octanol–water partition coefficient (Wildman–Crippen LogP) is 5.24. The van der Waals surface area contributed by atoms with Gasteiger partial charge in [-0.2, -0.15) is 4.98 Å². The Hall–Kier alpha value is -2.12. The van der Waals surface area contributed by atoms with Gasteiger partial charge < -0.3 is 9.32 Å². The summed E-state index contributed by atoms with van der Waals surface area (Å²) < 4.78 is 33.7. The summed E-state index contributed by atoms with van der Waals surface area (Å²) in [5, 5.41) is -0.00354. The summed E-state index contributed by atoms with van der Waals surface area (Å²) in [6, 6.07) is 14.3. The summed E-state index contributed by atoms with van der Waals surface area (Å²) >= 11 is 3.41. The number of piperidine rings is 1. The smallest absolute Gasteiger partial charge is 0.236 e. The van der Waals surface area contributed by atoms with E-state index in [1.54, 1.807) is 24.3 Å². The zero-order valence-electron chi connectivity index (χ0n) is 15.6. The summed E-state index contributed by atoms with van der Waals surface area (Å²) in [4.78, 5) is 6.67. The van der Waals surface area contributed by atoms with Gasteiger partial charge in [0.1, 0.15) is 0 Å². The van der Waals surface area contributed by atoms with E-state index in [1.807, 2.05) is 36.1 Å². The molecular weight excluding hydrogens is 440 g/mol. The van der Waals surface area contributed by atoms with Crippen LogP contribution in [-0.4, -0.2) is 26.5 Å². The lowest BCUT2D eigenvalue weighted by Gasteiger charge is -2.26. The van der Waals surface area contributed by atoms with Gasteiger partial charge in [-0.05, 0) is 62.6 Å². The Morgan fingerprint density at radius 3 is 2.25 bits per heavy atom. The molecule has 5 nitrogen and oxygen atoms in total. The number of hydrogen-bond donors (Lipinski definition) is 0. The van der Waals surface area contributed by atoms with E-state index in [4.69, 9.17) is 4.42 Å². The third-order valence-electron chi connectivity index (χ3n) is 4.90. The molecule has 0 N–H and O–H groups in total. The van der Waals surface area contributed by atoms with Gasteiger partial charge in [-0.1, -0.05) is 33.6 Å². The first-order valence-corrected chi connectivity index (χ1v) is 11.6. The standard InChI is InChI=1S/C21H21BrN2O3S/c1-15-5-11-18(12-6-15)28(25,26)20-21(24-13-3-2-4-14-24)27-19(23-20)16-7-9-17(22)10-8-16/h5-12H,2-4,13-14H2,1H3. The van der Waals surface area contributed by atoms with Gasteiger partial charge in [0.15, 0.2) is 0 Å². The van der Waals surface area contributed by atoms with Crippen LogP contribution in [0, 0.1) is 6.92 Å². The molecule has 3 aromatic rings. The normalized spacial score (nSPS) is 15.0. The maximum atomic E-state index is 13.4. The Kier molecular flexibility index (Phi) is 5.29. The van der Waals surface area contributed by atoms with E-state index in [1.165, 1.54) is 0 Å². The molecule has 0 atom stereocenters. The van der Waals surface area contributed by atoms with Crippen molar-refractivity contribution in [2.45, 2.75) is 36.1 Å². The lowest BCUT2D eigenvalue weighted by atomic mass is 10.1. The summed E-state index contributed by atoms with van der Waals surface area (Å²) in [5.74, 6) is 0.664. The summed E-state index contributed by atoms with van der Waals surface area (Å²) in [5.41, 5.74) is 1.75. The summed E-state index contributed by atoms with van der Waals surface area (Å²) in [6.45, 7) is 3.47. The molecule has 0 saturated carbocycles. The number of nitrogens with zero attached hydrogens (tertiary/aromatic N) is 2. The fraction of sp³-hybridized carbons (Fsp3) is 0.286. The van der Waals surface area contributed by atoms with E-state index in [2.05, 4.69) is 20.9 Å². The van der Waals surface area contributed by atoms with Crippen molar-refractivity contribution in [2.24, 2.45) is 0 Å². The summed E-state index contributed by atoms with van der Waals surface area (Å²) in [7, 11) is -3.79. The van der Waals surface area contributed by atoms with Crippen LogP contribution in [0.4, 0.5) is 5.88 Å². The minimum atomic E-state index is -3.79. The first-order valence-electron chi connectivity index (χ1n) is 9.28. The SMILES string of the molecule is Cc1ccc(S(=O)(=O)c2nc(-c3ccc(Br)cc3)oc2N2CCCCC2)cc1. The second-order valence-corrected chi connectivity index (χ2v) is 9.78. The highest BCUT2D eigenvalue weighted by atomic mass is 79.9. The van der Waals surface area contributed by atoms with E-state index < -0.39 is 9.84 Å². The van der Waals surface area contributed by atoms with Gasteiger partial charge in [0, 0.05) is 23.1 Å². The maximum Gasteiger partial charge on any atom is 0.236 e. The van der Waals surface area contributed by atoms with Crippen molar-refractivity contribution in [3.63, 3.8) is 0 Å². The molecule has 0 amide bonds. The van der Waals surface area contributed by atoms with Crippen LogP contribution in [0.2, 0.25) is 0 Å². The van der Waals surface area contributed by atoms with Crippen LogP contribution in [0.5, 0.6) is 0 Å². The largest absolute Gasteiger partial charge is 0.419 e. The molecule has 1 aromatic heterocycles. The molecule has 0 spiro atoms. The fourth-order valence-electron chi connectivity index (χ4n) is 3.31. The van der Waals surface area contributed by atoms with Gasteiger partial charge in [-0.15, -0.1) is 0 Å². The minimum absolute atomic E-state index is 0.00354. The average Bonchev–Trinajstić information content (AvgIpc) is 3.16. The van der Waals surface area contributed by atoms with Gasteiger partial charge in [-0.25, -0.2) is 8.42 Å². The Labute approximate surface area is 173 Å². The van der Waals surface area contributed by atoms with Crippen LogP contribution in [0.3, 0.4) is 0 Å². The van der Waals surface area contributed by atoms with Gasteiger partial charge in [0.05, 0.1) is 4.90 Å². The molecule has 1 fully saturated rings. The van der Waals surface area contributed by atoms with Crippen LogP contribution >= 0.6 is 15.9 Å². The van der Waals surface area contributed by atoms with Gasteiger partial charge in [-0.3, -0.25) is 0 Å². The predicted molar refractivity (Wildman–Crippen MR) is 112 cm³/mol. The molecule has 1 aliphatic heterocycles. The molecule has 0 radical (unpaired) electrons. The molecular formula is C21H21BrN2O3S. The van der Waals surface area contributed by atoms with Crippen LogP contribution in [0.15, 0.2) is 67.3 Å². The van der Waals surface area contributed by atoms with Gasteiger partial charge >= 0.3 is 0 Å². The zero-order chi connectivity index (χ0) is 19.7. The molecule has 0 unspecified atom stereocenters. The number of oxazole rings is 1. The lowest BCUT2D eigenvalue weighted by Crippen LogP contribution is -2.30. The lowest BCUT2D eigenvalue weighted by molar-refractivity contribution is 0.499. The van der Waals surface area contributed by atoms with Crippen molar-refractivity contribution in [3.8, 4) is 11.5 Å². The monoisotopic (exact) mass is 460 g/mol. The second kappa shape index (κ2) is 7.72. The highest BCUT2D eigenvalue weighted by molar-refractivity contribution is 9.10. The molecule has 146 valence electrons. The molecule has 28 heavy (non-hydrogen) atoms. The number of anilines is 1. The fourth-order valence-corrected chi connectivity index (χ4v) is 4.90. The Morgan fingerprint density at radius 1 is 0.964 bits per heavy atom. The number of hydrogen-bond acceptors (Lipinski definition) is 5. The van der Waals surface area contributed by atoms with E-state index in [0.29, 0.717) is 11.8 Å². The Bertz CT molecular complexity index is 1070. The number of aryl methyl sites for hydroxylation is 1. The minimum Gasteiger partial charge on any atom is -0.419 e. The molecule has 0 bridgehead atoms. The number of rotatable bonds is 4. The van der Waals surface area contributed by atoms with E-state index in [9.17, 15) is 8.42 Å². The molecule has 2 aromatic carbocycles.